The van der Waals surface area contributed by atoms with Gasteiger partial charge in [0.25, 0.3) is 10.0 Å². The van der Waals surface area contributed by atoms with Gasteiger partial charge < -0.3 is 10.2 Å². The van der Waals surface area contributed by atoms with E-state index < -0.39 is 28.5 Å². The predicted octanol–water partition coefficient (Wildman–Crippen LogP) is 6.14. The Labute approximate surface area is 247 Å². The molecule has 0 aromatic heterocycles. The van der Waals surface area contributed by atoms with Crippen LogP contribution < -0.4 is 9.62 Å². The van der Waals surface area contributed by atoms with E-state index in [9.17, 15) is 18.0 Å². The van der Waals surface area contributed by atoms with Crippen LogP contribution in [0.4, 0.5) is 5.69 Å². The summed E-state index contributed by atoms with van der Waals surface area (Å²) < 4.78 is 28.8. The summed E-state index contributed by atoms with van der Waals surface area (Å²) in [6.07, 6.45) is 0.722. The highest BCUT2D eigenvalue weighted by atomic mass is 35.5. The van der Waals surface area contributed by atoms with Crippen LogP contribution in [-0.4, -0.2) is 43.8 Å². The quantitative estimate of drug-likeness (QED) is 0.285. The van der Waals surface area contributed by atoms with Gasteiger partial charge in [0.2, 0.25) is 11.8 Å². The van der Waals surface area contributed by atoms with E-state index in [2.05, 4.69) is 5.32 Å². The summed E-state index contributed by atoms with van der Waals surface area (Å²) in [6, 6.07) is 17.5. The van der Waals surface area contributed by atoms with Crippen LogP contribution in [0.3, 0.4) is 0 Å². The SMILES string of the molecule is CC[C@@H](C)NC(=O)[C@@H](C)N(Cc1ccccc1C)C(=O)CN(c1cccc(Cl)c1Cl)S(=O)(=O)c1ccc(C)cc1. The molecule has 0 bridgehead atoms. The Morgan fingerprint density at radius 3 is 2.20 bits per heavy atom. The van der Waals surface area contributed by atoms with Crippen LogP contribution in [0.15, 0.2) is 71.6 Å². The van der Waals surface area contributed by atoms with Crippen LogP contribution in [0.2, 0.25) is 10.0 Å². The number of carbonyl (C=O) groups excluding carboxylic acids is 2. The monoisotopic (exact) mass is 603 g/mol. The van der Waals surface area contributed by atoms with Crippen LogP contribution in [0.1, 0.15) is 43.9 Å². The number of rotatable bonds is 11. The summed E-state index contributed by atoms with van der Waals surface area (Å²) in [5, 5.41) is 3.07. The van der Waals surface area contributed by atoms with Crippen molar-refractivity contribution in [1.82, 2.24) is 10.2 Å². The third-order valence-electron chi connectivity index (χ3n) is 6.86. The third-order valence-corrected chi connectivity index (χ3v) is 9.44. The number of halogens is 2. The molecule has 2 atom stereocenters. The molecule has 3 aromatic rings. The molecular weight excluding hydrogens is 569 g/mol. The van der Waals surface area contributed by atoms with Gasteiger partial charge in [0, 0.05) is 12.6 Å². The van der Waals surface area contributed by atoms with E-state index in [0.29, 0.717) is 0 Å². The van der Waals surface area contributed by atoms with Gasteiger partial charge in [-0.25, -0.2) is 8.42 Å². The summed E-state index contributed by atoms with van der Waals surface area (Å²) in [5.74, 6) is -0.896. The Bertz CT molecular complexity index is 1460. The van der Waals surface area contributed by atoms with Crippen molar-refractivity contribution in [2.24, 2.45) is 0 Å². The van der Waals surface area contributed by atoms with Crippen molar-refractivity contribution in [2.45, 2.75) is 64.6 Å². The Balaban J connectivity index is 2.08. The van der Waals surface area contributed by atoms with Crippen molar-refractivity contribution in [3.05, 3.63) is 93.5 Å². The number of benzene rings is 3. The average Bonchev–Trinajstić information content (AvgIpc) is 2.92. The first kappa shape index (κ1) is 31.5. The number of nitrogens with zero attached hydrogens (tertiary/aromatic N) is 2. The zero-order valence-electron chi connectivity index (χ0n) is 23.3. The van der Waals surface area contributed by atoms with Crippen LogP contribution in [-0.2, 0) is 26.2 Å². The fraction of sp³-hybridized carbons (Fsp3) is 0.333. The zero-order valence-corrected chi connectivity index (χ0v) is 25.6. The molecule has 1 N–H and O–H groups in total. The molecule has 3 rings (SSSR count). The van der Waals surface area contributed by atoms with E-state index in [1.165, 1.54) is 29.2 Å². The number of hydrogen-bond donors (Lipinski definition) is 1. The first-order valence-electron chi connectivity index (χ1n) is 13.0. The van der Waals surface area contributed by atoms with Gasteiger partial charge in [0.15, 0.2) is 0 Å². The number of aryl methyl sites for hydroxylation is 2. The Kier molecular flexibility index (Phi) is 10.6. The molecule has 0 aliphatic rings. The number of nitrogens with one attached hydrogen (secondary N) is 1. The van der Waals surface area contributed by atoms with Gasteiger partial charge in [0.05, 0.1) is 20.6 Å². The molecule has 0 saturated carbocycles. The standard InChI is InChI=1S/C30H35Cl2N3O4S/c1-6-22(4)33-30(37)23(5)34(18-24-11-8-7-10-21(24)3)28(36)19-35(27-13-9-12-26(31)29(27)32)40(38,39)25-16-14-20(2)15-17-25/h7-17,22-23H,6,18-19H2,1-5H3,(H,33,37)/t22-,23-/m1/s1. The average molecular weight is 605 g/mol. The first-order valence-corrected chi connectivity index (χ1v) is 15.2. The second-order valence-corrected chi connectivity index (χ2v) is 12.5. The van der Waals surface area contributed by atoms with E-state index >= 15 is 0 Å². The lowest BCUT2D eigenvalue weighted by Gasteiger charge is -2.33. The molecule has 3 aromatic carbocycles. The molecule has 0 aliphatic heterocycles. The molecule has 0 unspecified atom stereocenters. The maximum Gasteiger partial charge on any atom is 0.264 e. The molecule has 0 heterocycles. The second-order valence-electron chi connectivity index (χ2n) is 9.84. The minimum Gasteiger partial charge on any atom is -0.352 e. The van der Waals surface area contributed by atoms with E-state index in [4.69, 9.17) is 23.2 Å². The Morgan fingerprint density at radius 2 is 1.57 bits per heavy atom. The van der Waals surface area contributed by atoms with Gasteiger partial charge in [-0.1, -0.05) is 78.2 Å². The second kappa shape index (κ2) is 13.5. The lowest BCUT2D eigenvalue weighted by atomic mass is 10.1. The van der Waals surface area contributed by atoms with Crippen molar-refractivity contribution in [3.63, 3.8) is 0 Å². The topological polar surface area (TPSA) is 86.8 Å². The van der Waals surface area contributed by atoms with Crippen molar-refractivity contribution in [1.29, 1.82) is 0 Å². The molecule has 0 aliphatic carbocycles. The van der Waals surface area contributed by atoms with Gasteiger partial charge >= 0.3 is 0 Å². The molecule has 0 radical (unpaired) electrons. The van der Waals surface area contributed by atoms with Crippen molar-refractivity contribution in [3.8, 4) is 0 Å². The summed E-state index contributed by atoms with van der Waals surface area (Å²) in [5.41, 5.74) is 2.73. The lowest BCUT2D eigenvalue weighted by Crippen LogP contribution is -2.52. The number of carbonyl (C=O) groups is 2. The minimum absolute atomic E-state index is 0.000620. The van der Waals surface area contributed by atoms with E-state index in [-0.39, 0.29) is 39.1 Å². The predicted molar refractivity (Wildman–Crippen MR) is 161 cm³/mol. The smallest absolute Gasteiger partial charge is 0.264 e. The van der Waals surface area contributed by atoms with Gasteiger partial charge in [-0.2, -0.15) is 0 Å². The van der Waals surface area contributed by atoms with Crippen molar-refractivity contribution < 1.29 is 18.0 Å². The molecule has 10 heteroatoms. The normalized spacial score (nSPS) is 12.9. The number of hydrogen-bond acceptors (Lipinski definition) is 4. The number of anilines is 1. The zero-order chi connectivity index (χ0) is 29.6. The largest absolute Gasteiger partial charge is 0.352 e. The molecular formula is C30H35Cl2N3O4S. The van der Waals surface area contributed by atoms with E-state index in [1.54, 1.807) is 25.1 Å². The van der Waals surface area contributed by atoms with E-state index in [1.807, 2.05) is 52.0 Å². The first-order chi connectivity index (χ1) is 18.9. The highest BCUT2D eigenvalue weighted by Gasteiger charge is 2.34. The van der Waals surface area contributed by atoms with Gasteiger partial charge in [-0.3, -0.25) is 13.9 Å². The molecule has 0 spiro atoms. The van der Waals surface area contributed by atoms with Crippen molar-refractivity contribution in [2.75, 3.05) is 10.8 Å². The lowest BCUT2D eigenvalue weighted by molar-refractivity contribution is -0.139. The fourth-order valence-electron chi connectivity index (χ4n) is 4.05. The van der Waals surface area contributed by atoms with Crippen LogP contribution in [0.5, 0.6) is 0 Å². The molecule has 0 saturated heterocycles. The summed E-state index contributed by atoms with van der Waals surface area (Å²) in [6.45, 7) is 8.76. The summed E-state index contributed by atoms with van der Waals surface area (Å²) >= 11 is 12.7. The van der Waals surface area contributed by atoms with Crippen LogP contribution in [0.25, 0.3) is 0 Å². The van der Waals surface area contributed by atoms with Crippen molar-refractivity contribution >= 4 is 50.7 Å². The Hall–Kier alpha value is -3.07. The van der Waals surface area contributed by atoms with Crippen LogP contribution in [0, 0.1) is 13.8 Å². The molecule has 214 valence electrons. The fourth-order valence-corrected chi connectivity index (χ4v) is 5.93. The van der Waals surface area contributed by atoms with Gasteiger partial charge in [0.1, 0.15) is 12.6 Å². The van der Waals surface area contributed by atoms with Gasteiger partial charge in [-0.15, -0.1) is 0 Å². The molecule has 0 fully saturated rings. The third kappa shape index (κ3) is 7.36. The van der Waals surface area contributed by atoms with Crippen LogP contribution >= 0.6 is 23.2 Å². The molecule has 7 nitrogen and oxygen atoms in total. The van der Waals surface area contributed by atoms with Gasteiger partial charge in [-0.05, 0) is 69.5 Å². The maximum atomic E-state index is 14.0. The number of sulfonamides is 1. The minimum atomic E-state index is -4.25. The molecule has 2 amide bonds. The summed E-state index contributed by atoms with van der Waals surface area (Å²) in [4.78, 5) is 28.6. The molecule has 40 heavy (non-hydrogen) atoms. The highest BCUT2D eigenvalue weighted by Crippen LogP contribution is 2.35. The van der Waals surface area contributed by atoms with E-state index in [0.717, 1.165) is 27.4 Å². The Morgan fingerprint density at radius 1 is 0.925 bits per heavy atom. The summed E-state index contributed by atoms with van der Waals surface area (Å²) in [7, 11) is -4.25. The highest BCUT2D eigenvalue weighted by molar-refractivity contribution is 7.92. The maximum absolute atomic E-state index is 14.0. The number of amides is 2.